The molecule has 2 nitrogen and oxygen atoms in total. The van der Waals surface area contributed by atoms with Crippen LogP contribution in [0.1, 0.15) is 24.0 Å². The Hall–Kier alpha value is -1.23. The first-order valence-electron chi connectivity index (χ1n) is 6.18. The lowest BCUT2D eigenvalue weighted by molar-refractivity contribution is -0.138. The van der Waals surface area contributed by atoms with Crippen molar-refractivity contribution in [1.82, 2.24) is 0 Å². The van der Waals surface area contributed by atoms with Crippen molar-refractivity contribution in [1.29, 1.82) is 0 Å². The Morgan fingerprint density at radius 3 is 2.78 bits per heavy atom. The van der Waals surface area contributed by atoms with E-state index in [1.54, 1.807) is 6.07 Å². The minimum Gasteiger partial charge on any atom is -0.368 e. The Morgan fingerprint density at radius 2 is 2.06 bits per heavy atom. The van der Waals surface area contributed by atoms with Gasteiger partial charge in [-0.25, -0.2) is 0 Å². The van der Waals surface area contributed by atoms with E-state index in [1.165, 1.54) is 12.1 Å². The molecule has 3 rings (SSSR count). The van der Waals surface area contributed by atoms with Crippen molar-refractivity contribution in [3.05, 3.63) is 29.3 Å². The van der Waals surface area contributed by atoms with Gasteiger partial charge in [-0.3, -0.25) is 0 Å². The van der Waals surface area contributed by atoms with Gasteiger partial charge in [0.1, 0.15) is 0 Å². The van der Waals surface area contributed by atoms with E-state index in [4.69, 9.17) is 5.73 Å². The maximum atomic E-state index is 13.0. The Labute approximate surface area is 104 Å². The molecule has 0 amide bonds. The summed E-state index contributed by atoms with van der Waals surface area (Å²) in [4.78, 5) is 2.09. The zero-order valence-electron chi connectivity index (χ0n) is 9.87. The molecule has 0 spiro atoms. The number of halogens is 3. The van der Waals surface area contributed by atoms with Gasteiger partial charge in [0, 0.05) is 24.3 Å². The van der Waals surface area contributed by atoms with Crippen molar-refractivity contribution < 1.29 is 13.2 Å². The highest BCUT2D eigenvalue weighted by Gasteiger charge is 2.41. The molecule has 2 N–H and O–H groups in total. The fraction of sp³-hybridized carbons (Fsp3) is 0.538. The number of hydrogen-bond donors (Lipinski definition) is 1. The zero-order valence-corrected chi connectivity index (χ0v) is 9.87. The molecule has 98 valence electrons. The molecule has 0 aliphatic carbocycles. The molecule has 1 fully saturated rings. The minimum absolute atomic E-state index is 0.120. The van der Waals surface area contributed by atoms with Gasteiger partial charge in [0.2, 0.25) is 0 Å². The monoisotopic (exact) mass is 256 g/mol. The lowest BCUT2D eigenvalue weighted by Crippen LogP contribution is -2.45. The molecule has 1 aromatic rings. The topological polar surface area (TPSA) is 29.3 Å². The van der Waals surface area contributed by atoms with E-state index in [0.29, 0.717) is 12.0 Å². The third-order valence-corrected chi connectivity index (χ3v) is 3.96. The van der Waals surface area contributed by atoms with Crippen LogP contribution in [0, 0.1) is 0 Å². The molecule has 2 unspecified atom stereocenters. The highest BCUT2D eigenvalue weighted by molar-refractivity contribution is 5.63. The number of nitrogens with zero attached hydrogens (tertiary/aromatic N) is 1. The maximum absolute atomic E-state index is 13.0. The Balaban J connectivity index is 2.02. The standard InChI is InChI=1S/C13H15F3N2/c14-13(15,16)11-2-1-3-12-10(11)7-9-6-8(17)4-5-18(9)12/h1-3,8-9H,4-7,17H2. The van der Waals surface area contributed by atoms with Crippen LogP contribution >= 0.6 is 0 Å². The van der Waals surface area contributed by atoms with Crippen molar-refractivity contribution in [2.75, 3.05) is 11.4 Å². The van der Waals surface area contributed by atoms with Crippen LogP contribution in [0.15, 0.2) is 18.2 Å². The molecule has 5 heteroatoms. The SMILES string of the molecule is NC1CCN2c3cccc(C(F)(F)F)c3CC2C1. The fourth-order valence-corrected chi connectivity index (χ4v) is 3.15. The number of piperidine rings is 1. The number of benzene rings is 1. The number of fused-ring (bicyclic) bond motifs is 3. The summed E-state index contributed by atoms with van der Waals surface area (Å²) in [5.74, 6) is 0. The molecule has 0 saturated carbocycles. The highest BCUT2D eigenvalue weighted by atomic mass is 19.4. The average molecular weight is 256 g/mol. The highest BCUT2D eigenvalue weighted by Crippen LogP contribution is 2.43. The molecule has 2 atom stereocenters. The molecule has 2 heterocycles. The normalized spacial score (nSPS) is 27.0. The van der Waals surface area contributed by atoms with E-state index in [1.807, 2.05) is 0 Å². The van der Waals surface area contributed by atoms with Crippen LogP contribution in [0.25, 0.3) is 0 Å². The maximum Gasteiger partial charge on any atom is 0.416 e. The third kappa shape index (κ3) is 1.77. The first-order chi connectivity index (χ1) is 8.47. The van der Waals surface area contributed by atoms with Crippen molar-refractivity contribution >= 4 is 5.69 Å². The van der Waals surface area contributed by atoms with Crippen LogP contribution in [0.4, 0.5) is 18.9 Å². The van der Waals surface area contributed by atoms with E-state index in [9.17, 15) is 13.2 Å². The molecule has 0 radical (unpaired) electrons. The summed E-state index contributed by atoms with van der Waals surface area (Å²) < 4.78 is 38.9. The summed E-state index contributed by atoms with van der Waals surface area (Å²) in [6, 6.07) is 4.74. The number of nitrogens with two attached hydrogens (primary N) is 1. The zero-order chi connectivity index (χ0) is 12.9. The van der Waals surface area contributed by atoms with Crippen molar-refractivity contribution in [3.8, 4) is 0 Å². The quantitative estimate of drug-likeness (QED) is 0.773. The van der Waals surface area contributed by atoms with Crippen LogP contribution in [0.5, 0.6) is 0 Å². The average Bonchev–Trinajstić information content (AvgIpc) is 2.64. The second kappa shape index (κ2) is 3.88. The van der Waals surface area contributed by atoms with E-state index < -0.39 is 11.7 Å². The van der Waals surface area contributed by atoms with Crippen molar-refractivity contribution in [2.24, 2.45) is 5.73 Å². The van der Waals surface area contributed by atoms with Crippen molar-refractivity contribution in [3.63, 3.8) is 0 Å². The van der Waals surface area contributed by atoms with E-state index in [2.05, 4.69) is 4.90 Å². The summed E-state index contributed by atoms with van der Waals surface area (Å²) in [6.07, 6.45) is -2.15. The molecule has 2 aliphatic heterocycles. The Kier molecular flexibility index (Phi) is 2.55. The van der Waals surface area contributed by atoms with Gasteiger partial charge in [-0.1, -0.05) is 6.07 Å². The largest absolute Gasteiger partial charge is 0.416 e. The molecule has 0 bridgehead atoms. The second-order valence-corrected chi connectivity index (χ2v) is 5.14. The first-order valence-corrected chi connectivity index (χ1v) is 6.18. The predicted molar refractivity (Wildman–Crippen MR) is 63.5 cm³/mol. The van der Waals surface area contributed by atoms with Gasteiger partial charge in [0.15, 0.2) is 0 Å². The van der Waals surface area contributed by atoms with Gasteiger partial charge in [0.25, 0.3) is 0 Å². The summed E-state index contributed by atoms with van der Waals surface area (Å²) in [5.41, 5.74) is 6.62. The molecule has 0 aromatic heterocycles. The summed E-state index contributed by atoms with van der Waals surface area (Å²) in [5, 5.41) is 0. The number of anilines is 1. The molecule has 2 aliphatic rings. The first kappa shape index (κ1) is 11.8. The van der Waals surface area contributed by atoms with Gasteiger partial charge >= 0.3 is 6.18 Å². The van der Waals surface area contributed by atoms with Gasteiger partial charge in [-0.15, -0.1) is 0 Å². The van der Waals surface area contributed by atoms with Gasteiger partial charge in [-0.2, -0.15) is 13.2 Å². The minimum atomic E-state index is -4.26. The Bertz CT molecular complexity index is 470. The lowest BCUT2D eigenvalue weighted by atomic mass is 9.96. The van der Waals surface area contributed by atoms with Gasteiger partial charge < -0.3 is 10.6 Å². The van der Waals surface area contributed by atoms with Gasteiger partial charge in [0.05, 0.1) is 5.56 Å². The lowest BCUT2D eigenvalue weighted by Gasteiger charge is -2.35. The summed E-state index contributed by atoms with van der Waals surface area (Å²) in [6.45, 7) is 0.764. The van der Waals surface area contributed by atoms with Crippen LogP contribution in [-0.2, 0) is 12.6 Å². The van der Waals surface area contributed by atoms with Crippen LogP contribution in [-0.4, -0.2) is 18.6 Å². The predicted octanol–water partition coefficient (Wildman–Crippen LogP) is 2.56. The smallest absolute Gasteiger partial charge is 0.368 e. The molecule has 1 saturated heterocycles. The van der Waals surface area contributed by atoms with Gasteiger partial charge in [-0.05, 0) is 37.0 Å². The number of rotatable bonds is 0. The molecular weight excluding hydrogens is 241 g/mol. The molecule has 1 aromatic carbocycles. The summed E-state index contributed by atoms with van der Waals surface area (Å²) >= 11 is 0. The van der Waals surface area contributed by atoms with E-state index >= 15 is 0 Å². The fourth-order valence-electron chi connectivity index (χ4n) is 3.15. The molecular formula is C13H15F3N2. The van der Waals surface area contributed by atoms with E-state index in [-0.39, 0.29) is 12.1 Å². The van der Waals surface area contributed by atoms with Crippen LogP contribution in [0.2, 0.25) is 0 Å². The molecule has 18 heavy (non-hydrogen) atoms. The van der Waals surface area contributed by atoms with Crippen molar-refractivity contribution in [2.45, 2.75) is 37.5 Å². The Morgan fingerprint density at radius 1 is 1.28 bits per heavy atom. The second-order valence-electron chi connectivity index (χ2n) is 5.14. The van der Waals surface area contributed by atoms with Crippen LogP contribution in [0.3, 0.4) is 0 Å². The summed E-state index contributed by atoms with van der Waals surface area (Å²) in [7, 11) is 0. The number of hydrogen-bond acceptors (Lipinski definition) is 2. The third-order valence-electron chi connectivity index (χ3n) is 3.96. The van der Waals surface area contributed by atoms with E-state index in [0.717, 1.165) is 25.1 Å². The van der Waals surface area contributed by atoms with Crippen LogP contribution < -0.4 is 10.6 Å². The number of alkyl halides is 3.